The topological polar surface area (TPSA) is 75.9 Å². The molecule has 1 heterocycles. The minimum atomic E-state index is -0.561. The first-order chi connectivity index (χ1) is 9.99. The van der Waals surface area contributed by atoms with Crippen LogP contribution in [0.5, 0.6) is 0 Å². The van der Waals surface area contributed by atoms with Gasteiger partial charge in [-0.2, -0.15) is 9.97 Å². The van der Waals surface area contributed by atoms with Crippen molar-refractivity contribution in [1.82, 2.24) is 9.97 Å². The third kappa shape index (κ3) is 3.77. The van der Waals surface area contributed by atoms with Gasteiger partial charge in [-0.3, -0.25) is 0 Å². The maximum atomic E-state index is 13.8. The number of nitrogen functional groups attached to an aromatic ring is 1. The molecule has 0 radical (unpaired) electrons. The van der Waals surface area contributed by atoms with Gasteiger partial charge in [-0.1, -0.05) is 6.92 Å². The van der Waals surface area contributed by atoms with Gasteiger partial charge in [0.15, 0.2) is 0 Å². The van der Waals surface area contributed by atoms with Crippen molar-refractivity contribution in [2.45, 2.75) is 20.3 Å². The third-order valence-corrected chi connectivity index (χ3v) is 2.81. The minimum absolute atomic E-state index is 0.00218. The number of benzene rings is 1. The molecule has 7 heteroatoms. The second kappa shape index (κ2) is 6.34. The van der Waals surface area contributed by atoms with E-state index in [1.54, 1.807) is 6.07 Å². The van der Waals surface area contributed by atoms with Gasteiger partial charge in [0.05, 0.1) is 5.69 Å². The molecule has 1 aromatic heterocycles. The van der Waals surface area contributed by atoms with Crippen molar-refractivity contribution >= 4 is 23.3 Å². The molecule has 5 nitrogen and oxygen atoms in total. The van der Waals surface area contributed by atoms with E-state index >= 15 is 0 Å². The summed E-state index contributed by atoms with van der Waals surface area (Å²) in [6.07, 6.45) is 0.921. The van der Waals surface area contributed by atoms with Crippen LogP contribution in [0.1, 0.15) is 18.9 Å². The second-order valence-electron chi connectivity index (χ2n) is 4.63. The summed E-state index contributed by atoms with van der Waals surface area (Å²) in [5.74, 6) is -0.186. The lowest BCUT2D eigenvalue weighted by Gasteiger charge is -2.11. The van der Waals surface area contributed by atoms with Crippen LogP contribution in [0.3, 0.4) is 0 Å². The number of nitrogens with two attached hydrogens (primary N) is 1. The van der Waals surface area contributed by atoms with Crippen molar-refractivity contribution in [2.24, 2.45) is 0 Å². The highest BCUT2D eigenvalue weighted by Gasteiger charge is 2.09. The first-order valence-electron chi connectivity index (χ1n) is 6.60. The van der Waals surface area contributed by atoms with Gasteiger partial charge < -0.3 is 16.4 Å². The smallest absolute Gasteiger partial charge is 0.223 e. The fraction of sp³-hybridized carbons (Fsp3) is 0.286. The Bertz CT molecular complexity index is 646. The van der Waals surface area contributed by atoms with Crippen LogP contribution in [0.4, 0.5) is 32.1 Å². The van der Waals surface area contributed by atoms with E-state index in [0.29, 0.717) is 11.6 Å². The maximum Gasteiger partial charge on any atom is 0.223 e. The van der Waals surface area contributed by atoms with E-state index < -0.39 is 11.6 Å². The standard InChI is InChI=1S/C14H17F2N5/c1-3-4-18-12-7-13(21-14(17)20-12)19-11-6-9(15)8(2)5-10(11)16/h5-7H,3-4H2,1-2H3,(H4,17,18,19,20,21). The van der Waals surface area contributed by atoms with Gasteiger partial charge in [0, 0.05) is 18.7 Å². The monoisotopic (exact) mass is 293 g/mol. The Kier molecular flexibility index (Phi) is 4.52. The molecule has 4 N–H and O–H groups in total. The first kappa shape index (κ1) is 15.0. The fourth-order valence-corrected chi connectivity index (χ4v) is 1.75. The number of rotatable bonds is 5. The molecule has 0 aliphatic carbocycles. The molecule has 0 spiro atoms. The Morgan fingerprint density at radius 2 is 1.81 bits per heavy atom. The lowest BCUT2D eigenvalue weighted by atomic mass is 10.2. The number of hydrogen-bond acceptors (Lipinski definition) is 5. The number of nitrogens with zero attached hydrogens (tertiary/aromatic N) is 2. The predicted octanol–water partition coefficient (Wildman–Crippen LogP) is 3.21. The molecule has 0 saturated heterocycles. The summed E-state index contributed by atoms with van der Waals surface area (Å²) in [5.41, 5.74) is 5.85. The SMILES string of the molecule is CCCNc1cc(Nc2cc(F)c(C)cc2F)nc(N)n1. The van der Waals surface area contributed by atoms with Crippen LogP contribution in [0, 0.1) is 18.6 Å². The zero-order valence-corrected chi connectivity index (χ0v) is 11.9. The van der Waals surface area contributed by atoms with Gasteiger partial charge in [-0.25, -0.2) is 8.78 Å². The molecule has 112 valence electrons. The zero-order valence-electron chi connectivity index (χ0n) is 11.9. The van der Waals surface area contributed by atoms with E-state index in [-0.39, 0.29) is 17.2 Å². The average molecular weight is 293 g/mol. The molecule has 0 bridgehead atoms. The van der Waals surface area contributed by atoms with E-state index in [1.807, 2.05) is 6.92 Å². The normalized spacial score (nSPS) is 10.5. The Labute approximate surface area is 121 Å². The Morgan fingerprint density at radius 3 is 2.52 bits per heavy atom. The molecule has 0 fully saturated rings. The molecule has 0 unspecified atom stereocenters. The van der Waals surface area contributed by atoms with E-state index in [9.17, 15) is 8.78 Å². The first-order valence-corrected chi connectivity index (χ1v) is 6.60. The highest BCUT2D eigenvalue weighted by atomic mass is 19.1. The molecule has 0 saturated carbocycles. The second-order valence-corrected chi connectivity index (χ2v) is 4.63. The van der Waals surface area contributed by atoms with E-state index in [1.165, 1.54) is 6.92 Å². The van der Waals surface area contributed by atoms with Crippen molar-refractivity contribution < 1.29 is 8.78 Å². The highest BCUT2D eigenvalue weighted by molar-refractivity contribution is 5.61. The lowest BCUT2D eigenvalue weighted by molar-refractivity contribution is 0.595. The van der Waals surface area contributed by atoms with Gasteiger partial charge >= 0.3 is 0 Å². The number of hydrogen-bond donors (Lipinski definition) is 3. The van der Waals surface area contributed by atoms with Crippen LogP contribution in [-0.2, 0) is 0 Å². The van der Waals surface area contributed by atoms with Gasteiger partial charge in [0.25, 0.3) is 0 Å². The Hall–Kier alpha value is -2.44. The van der Waals surface area contributed by atoms with Crippen LogP contribution in [0.2, 0.25) is 0 Å². The van der Waals surface area contributed by atoms with Crippen molar-refractivity contribution in [3.05, 3.63) is 35.4 Å². The number of aromatic nitrogens is 2. The molecule has 0 atom stereocenters. The summed E-state index contributed by atoms with van der Waals surface area (Å²) < 4.78 is 27.3. The number of halogens is 2. The molecular formula is C14H17F2N5. The molecule has 0 amide bonds. The summed E-state index contributed by atoms with van der Waals surface area (Å²) in [4.78, 5) is 7.97. The van der Waals surface area contributed by atoms with E-state index in [2.05, 4.69) is 20.6 Å². The van der Waals surface area contributed by atoms with Crippen molar-refractivity contribution in [1.29, 1.82) is 0 Å². The third-order valence-electron chi connectivity index (χ3n) is 2.81. The summed E-state index contributed by atoms with van der Waals surface area (Å²) in [6, 6.07) is 3.80. The maximum absolute atomic E-state index is 13.8. The van der Waals surface area contributed by atoms with Crippen LogP contribution in [0.25, 0.3) is 0 Å². The summed E-state index contributed by atoms with van der Waals surface area (Å²) >= 11 is 0. The van der Waals surface area contributed by atoms with Crippen molar-refractivity contribution in [3.8, 4) is 0 Å². The fourth-order valence-electron chi connectivity index (χ4n) is 1.75. The van der Waals surface area contributed by atoms with Gasteiger partial charge in [0.2, 0.25) is 5.95 Å². The van der Waals surface area contributed by atoms with Crippen LogP contribution in [0.15, 0.2) is 18.2 Å². The average Bonchev–Trinajstić information content (AvgIpc) is 2.42. The summed E-state index contributed by atoms with van der Waals surface area (Å²) in [7, 11) is 0. The van der Waals surface area contributed by atoms with Gasteiger partial charge in [-0.05, 0) is 25.0 Å². The number of nitrogens with one attached hydrogen (secondary N) is 2. The zero-order chi connectivity index (χ0) is 15.4. The molecule has 0 aliphatic heterocycles. The molecule has 2 rings (SSSR count). The van der Waals surface area contributed by atoms with Crippen molar-refractivity contribution in [2.75, 3.05) is 22.9 Å². The molecule has 0 aliphatic rings. The number of anilines is 4. The van der Waals surface area contributed by atoms with Gasteiger partial charge in [0.1, 0.15) is 23.3 Å². The largest absolute Gasteiger partial charge is 0.370 e. The van der Waals surface area contributed by atoms with Gasteiger partial charge in [-0.15, -0.1) is 0 Å². The van der Waals surface area contributed by atoms with Crippen LogP contribution < -0.4 is 16.4 Å². The van der Waals surface area contributed by atoms with Crippen molar-refractivity contribution in [3.63, 3.8) is 0 Å². The predicted molar refractivity (Wildman–Crippen MR) is 79.6 cm³/mol. The highest BCUT2D eigenvalue weighted by Crippen LogP contribution is 2.23. The minimum Gasteiger partial charge on any atom is -0.370 e. The Morgan fingerprint density at radius 1 is 1.10 bits per heavy atom. The molecule has 21 heavy (non-hydrogen) atoms. The van der Waals surface area contributed by atoms with E-state index in [4.69, 9.17) is 5.73 Å². The molecular weight excluding hydrogens is 276 g/mol. The van der Waals surface area contributed by atoms with Crippen LogP contribution in [-0.4, -0.2) is 16.5 Å². The number of aryl methyl sites for hydroxylation is 1. The van der Waals surface area contributed by atoms with E-state index in [0.717, 1.165) is 25.1 Å². The Balaban J connectivity index is 2.27. The lowest BCUT2D eigenvalue weighted by Crippen LogP contribution is -2.07. The quantitative estimate of drug-likeness (QED) is 0.789. The summed E-state index contributed by atoms with van der Waals surface area (Å²) in [6.45, 7) is 4.24. The molecule has 2 aromatic rings. The van der Waals surface area contributed by atoms with Crippen LogP contribution >= 0.6 is 0 Å². The summed E-state index contributed by atoms with van der Waals surface area (Å²) in [5, 5.41) is 5.77. The molecule has 1 aromatic carbocycles.